The maximum atomic E-state index is 12.6. The van der Waals surface area contributed by atoms with Gasteiger partial charge in [-0.15, -0.1) is 0 Å². The fourth-order valence-electron chi connectivity index (χ4n) is 1.61. The van der Waals surface area contributed by atoms with Crippen molar-refractivity contribution in [3.05, 3.63) is 59.8 Å². The van der Waals surface area contributed by atoms with Crippen molar-refractivity contribution >= 4 is 6.08 Å². The molecule has 1 aromatic carbocycles. The molecule has 0 saturated carbocycles. The number of hydrogen-bond donors (Lipinski definition) is 0. The number of aryl methyl sites for hydroxylation is 1. The van der Waals surface area contributed by atoms with E-state index in [1.807, 2.05) is 6.07 Å². The third-order valence-corrected chi connectivity index (χ3v) is 2.72. The molecule has 20 heavy (non-hydrogen) atoms. The molecule has 0 N–H and O–H groups in total. The Kier molecular flexibility index (Phi) is 3.79. The molecule has 5 heteroatoms. The van der Waals surface area contributed by atoms with Crippen molar-refractivity contribution in [3.63, 3.8) is 0 Å². The number of benzene rings is 1. The van der Waals surface area contributed by atoms with Crippen molar-refractivity contribution < 1.29 is 17.9 Å². The van der Waals surface area contributed by atoms with Crippen LogP contribution in [0.5, 0.6) is 11.6 Å². The molecule has 0 aliphatic heterocycles. The number of alkyl halides is 3. The summed E-state index contributed by atoms with van der Waals surface area (Å²) in [6.07, 6.45) is -1.71. The lowest BCUT2D eigenvalue weighted by molar-refractivity contribution is -0.137. The molecule has 0 unspecified atom stereocenters. The SMILES string of the molecule is C=Cc1ccc(C)c(Oc2cc(C(F)(F)F)ccn2)c1. The predicted molar refractivity (Wildman–Crippen MR) is 70.6 cm³/mol. The standard InChI is InChI=1S/C15H12F3NO/c1-3-11-5-4-10(2)13(8-11)20-14-9-12(6-7-19-14)15(16,17)18/h3-9H,1H2,2H3. The predicted octanol–water partition coefficient (Wildman–Crippen LogP) is 4.84. The van der Waals surface area contributed by atoms with Gasteiger partial charge in [0.2, 0.25) is 5.88 Å². The second-order valence-corrected chi connectivity index (χ2v) is 4.21. The van der Waals surface area contributed by atoms with Crippen LogP contribution >= 0.6 is 0 Å². The Balaban J connectivity index is 2.33. The van der Waals surface area contributed by atoms with Crippen molar-refractivity contribution in [1.82, 2.24) is 4.98 Å². The Labute approximate surface area is 114 Å². The summed E-state index contributed by atoms with van der Waals surface area (Å²) in [7, 11) is 0. The molecule has 0 spiro atoms. The van der Waals surface area contributed by atoms with Crippen LogP contribution in [-0.4, -0.2) is 4.98 Å². The minimum atomic E-state index is -4.42. The van der Waals surface area contributed by atoms with Crippen LogP contribution in [0.4, 0.5) is 13.2 Å². The van der Waals surface area contributed by atoms with E-state index in [0.717, 1.165) is 29.5 Å². The number of rotatable bonds is 3. The molecule has 2 aromatic rings. The Morgan fingerprint density at radius 3 is 2.60 bits per heavy atom. The van der Waals surface area contributed by atoms with E-state index in [1.54, 1.807) is 25.1 Å². The second-order valence-electron chi connectivity index (χ2n) is 4.21. The first-order valence-electron chi connectivity index (χ1n) is 5.84. The third-order valence-electron chi connectivity index (χ3n) is 2.72. The second kappa shape index (κ2) is 5.36. The van der Waals surface area contributed by atoms with E-state index in [9.17, 15) is 13.2 Å². The number of halogens is 3. The largest absolute Gasteiger partial charge is 0.439 e. The monoisotopic (exact) mass is 279 g/mol. The first kappa shape index (κ1) is 14.1. The normalized spacial score (nSPS) is 11.2. The summed E-state index contributed by atoms with van der Waals surface area (Å²) in [6.45, 7) is 5.44. The summed E-state index contributed by atoms with van der Waals surface area (Å²) in [5.74, 6) is 0.360. The zero-order valence-corrected chi connectivity index (χ0v) is 10.7. The van der Waals surface area contributed by atoms with Crippen LogP contribution in [0.15, 0.2) is 43.1 Å². The highest BCUT2D eigenvalue weighted by molar-refractivity contribution is 5.52. The van der Waals surface area contributed by atoms with Gasteiger partial charge in [-0.1, -0.05) is 24.8 Å². The Hall–Kier alpha value is -2.30. The van der Waals surface area contributed by atoms with E-state index >= 15 is 0 Å². The van der Waals surface area contributed by atoms with Crippen LogP contribution in [0.3, 0.4) is 0 Å². The number of aromatic nitrogens is 1. The van der Waals surface area contributed by atoms with Crippen molar-refractivity contribution in [3.8, 4) is 11.6 Å². The summed E-state index contributed by atoms with van der Waals surface area (Å²) in [4.78, 5) is 3.80. The minimum Gasteiger partial charge on any atom is -0.439 e. The molecule has 0 amide bonds. The Morgan fingerprint density at radius 2 is 1.95 bits per heavy atom. The molecule has 0 radical (unpaired) electrons. The van der Waals surface area contributed by atoms with Crippen molar-refractivity contribution in [2.24, 2.45) is 0 Å². The van der Waals surface area contributed by atoms with Gasteiger partial charge < -0.3 is 4.74 Å². The quantitative estimate of drug-likeness (QED) is 0.801. The zero-order valence-electron chi connectivity index (χ0n) is 10.7. The maximum Gasteiger partial charge on any atom is 0.416 e. The molecule has 104 valence electrons. The number of ether oxygens (including phenoxy) is 1. The maximum absolute atomic E-state index is 12.6. The van der Waals surface area contributed by atoms with Crippen molar-refractivity contribution in [1.29, 1.82) is 0 Å². The summed E-state index contributed by atoms with van der Waals surface area (Å²) in [6, 6.07) is 7.12. The molecule has 2 rings (SSSR count). The van der Waals surface area contributed by atoms with Gasteiger partial charge in [-0.2, -0.15) is 13.2 Å². The molecular formula is C15H12F3NO. The van der Waals surface area contributed by atoms with Crippen LogP contribution in [-0.2, 0) is 6.18 Å². The third kappa shape index (κ3) is 3.17. The number of pyridine rings is 1. The van der Waals surface area contributed by atoms with Crippen LogP contribution in [0.2, 0.25) is 0 Å². The smallest absolute Gasteiger partial charge is 0.416 e. The van der Waals surface area contributed by atoms with E-state index in [1.165, 1.54) is 0 Å². The van der Waals surface area contributed by atoms with Gasteiger partial charge in [-0.05, 0) is 30.2 Å². The fourth-order valence-corrected chi connectivity index (χ4v) is 1.61. The Morgan fingerprint density at radius 1 is 1.20 bits per heavy atom. The highest BCUT2D eigenvalue weighted by atomic mass is 19.4. The van der Waals surface area contributed by atoms with Crippen LogP contribution in [0.25, 0.3) is 6.08 Å². The molecule has 0 bridgehead atoms. The van der Waals surface area contributed by atoms with Gasteiger partial charge >= 0.3 is 6.18 Å². The average Bonchev–Trinajstić information content (AvgIpc) is 2.41. The average molecular weight is 279 g/mol. The first-order chi connectivity index (χ1) is 9.40. The van der Waals surface area contributed by atoms with Gasteiger partial charge in [-0.25, -0.2) is 4.98 Å². The summed E-state index contributed by atoms with van der Waals surface area (Å²) >= 11 is 0. The Bertz CT molecular complexity index is 635. The lowest BCUT2D eigenvalue weighted by Gasteiger charge is -2.11. The molecule has 0 aliphatic rings. The van der Waals surface area contributed by atoms with Gasteiger partial charge in [0.1, 0.15) is 5.75 Å². The molecule has 0 atom stereocenters. The van der Waals surface area contributed by atoms with Crippen LogP contribution in [0.1, 0.15) is 16.7 Å². The summed E-state index contributed by atoms with van der Waals surface area (Å²) in [5, 5.41) is 0. The van der Waals surface area contributed by atoms with E-state index < -0.39 is 11.7 Å². The highest BCUT2D eigenvalue weighted by Gasteiger charge is 2.31. The topological polar surface area (TPSA) is 22.1 Å². The molecular weight excluding hydrogens is 267 g/mol. The van der Waals surface area contributed by atoms with Gasteiger partial charge in [0.15, 0.2) is 0 Å². The summed E-state index contributed by atoms with van der Waals surface area (Å²) in [5.41, 5.74) is 0.826. The molecule has 1 heterocycles. The highest BCUT2D eigenvalue weighted by Crippen LogP contribution is 2.32. The molecule has 2 nitrogen and oxygen atoms in total. The molecule has 1 aromatic heterocycles. The molecule has 0 aliphatic carbocycles. The van der Waals surface area contributed by atoms with E-state index in [4.69, 9.17) is 4.74 Å². The molecule has 0 saturated heterocycles. The lowest BCUT2D eigenvalue weighted by atomic mass is 10.1. The molecule has 0 fully saturated rings. The fraction of sp³-hybridized carbons (Fsp3) is 0.133. The van der Waals surface area contributed by atoms with Crippen molar-refractivity contribution in [2.75, 3.05) is 0 Å². The zero-order chi connectivity index (χ0) is 14.8. The van der Waals surface area contributed by atoms with Crippen molar-refractivity contribution in [2.45, 2.75) is 13.1 Å². The van der Waals surface area contributed by atoms with Gasteiger partial charge in [0.25, 0.3) is 0 Å². The van der Waals surface area contributed by atoms with E-state index in [-0.39, 0.29) is 5.88 Å². The van der Waals surface area contributed by atoms with E-state index in [2.05, 4.69) is 11.6 Å². The van der Waals surface area contributed by atoms with Gasteiger partial charge in [0.05, 0.1) is 5.56 Å². The van der Waals surface area contributed by atoms with Gasteiger partial charge in [-0.3, -0.25) is 0 Å². The van der Waals surface area contributed by atoms with Crippen LogP contribution < -0.4 is 4.74 Å². The summed E-state index contributed by atoms with van der Waals surface area (Å²) < 4.78 is 43.3. The van der Waals surface area contributed by atoms with E-state index in [0.29, 0.717) is 5.75 Å². The van der Waals surface area contributed by atoms with Crippen LogP contribution in [0, 0.1) is 6.92 Å². The number of nitrogens with zero attached hydrogens (tertiary/aromatic N) is 1. The minimum absolute atomic E-state index is 0.0934. The van der Waals surface area contributed by atoms with Gasteiger partial charge in [0, 0.05) is 12.3 Å². The first-order valence-corrected chi connectivity index (χ1v) is 5.84. The number of hydrogen-bond acceptors (Lipinski definition) is 2. The lowest BCUT2D eigenvalue weighted by Crippen LogP contribution is -2.05.